The lowest BCUT2D eigenvalue weighted by atomic mass is 9.84. The van der Waals surface area contributed by atoms with Crippen molar-refractivity contribution in [2.75, 3.05) is 20.3 Å². The molecule has 0 bridgehead atoms. The number of rotatable bonds is 7. The first-order valence-corrected chi connectivity index (χ1v) is 10.4. The summed E-state index contributed by atoms with van der Waals surface area (Å²) in [5.41, 5.74) is 6.99. The summed E-state index contributed by atoms with van der Waals surface area (Å²) in [6, 6.07) is 28.4. The van der Waals surface area contributed by atoms with E-state index in [-0.39, 0.29) is 0 Å². The molecule has 0 radical (unpaired) electrons. The fraction of sp³-hybridized carbons (Fsp3) is 0.308. The SMILES string of the molecule is CN(CNCc1ccc(-c2ccccc2)cc1)CC1CCc2ccccc2C1. The Labute approximate surface area is 169 Å². The van der Waals surface area contributed by atoms with E-state index in [1.54, 1.807) is 11.1 Å². The lowest BCUT2D eigenvalue weighted by molar-refractivity contribution is 0.244. The van der Waals surface area contributed by atoms with Crippen LogP contribution in [0.3, 0.4) is 0 Å². The molecule has 0 spiro atoms. The van der Waals surface area contributed by atoms with Crippen LogP contribution in [0.5, 0.6) is 0 Å². The van der Waals surface area contributed by atoms with Crippen molar-refractivity contribution in [3.63, 3.8) is 0 Å². The van der Waals surface area contributed by atoms with Crippen LogP contribution in [0.15, 0.2) is 78.9 Å². The topological polar surface area (TPSA) is 15.3 Å². The highest BCUT2D eigenvalue weighted by molar-refractivity contribution is 5.63. The number of hydrogen-bond acceptors (Lipinski definition) is 2. The Morgan fingerprint density at radius 3 is 2.29 bits per heavy atom. The molecule has 3 aromatic rings. The molecular weight excluding hydrogens is 340 g/mol. The Morgan fingerprint density at radius 1 is 0.821 bits per heavy atom. The van der Waals surface area contributed by atoms with Gasteiger partial charge < -0.3 is 5.32 Å². The van der Waals surface area contributed by atoms with Gasteiger partial charge in [0.25, 0.3) is 0 Å². The average Bonchev–Trinajstić information content (AvgIpc) is 2.75. The fourth-order valence-corrected chi connectivity index (χ4v) is 4.27. The van der Waals surface area contributed by atoms with Crippen LogP contribution >= 0.6 is 0 Å². The normalized spacial score (nSPS) is 16.1. The van der Waals surface area contributed by atoms with Gasteiger partial charge in [0.15, 0.2) is 0 Å². The van der Waals surface area contributed by atoms with Crippen molar-refractivity contribution in [1.82, 2.24) is 10.2 Å². The highest BCUT2D eigenvalue weighted by Crippen LogP contribution is 2.25. The zero-order valence-corrected chi connectivity index (χ0v) is 16.8. The molecule has 3 aromatic carbocycles. The monoisotopic (exact) mass is 370 g/mol. The third kappa shape index (κ3) is 4.89. The molecule has 0 fully saturated rings. The van der Waals surface area contributed by atoms with Crippen molar-refractivity contribution < 1.29 is 0 Å². The highest BCUT2D eigenvalue weighted by atomic mass is 15.2. The molecule has 1 atom stereocenters. The summed E-state index contributed by atoms with van der Waals surface area (Å²) < 4.78 is 0. The molecule has 0 saturated carbocycles. The Hall–Kier alpha value is -2.42. The summed E-state index contributed by atoms with van der Waals surface area (Å²) >= 11 is 0. The van der Waals surface area contributed by atoms with Crippen LogP contribution in [0.2, 0.25) is 0 Å². The maximum atomic E-state index is 3.60. The number of benzene rings is 3. The van der Waals surface area contributed by atoms with Crippen molar-refractivity contribution in [2.24, 2.45) is 5.92 Å². The standard InChI is InChI=1S/C26H30N2/c1-28(19-22-13-16-24-9-5-6-10-26(24)17-22)20-27-18-21-11-14-25(15-12-21)23-7-3-2-4-8-23/h2-12,14-15,22,27H,13,16-20H2,1H3. The second kappa shape index (κ2) is 9.18. The van der Waals surface area contributed by atoms with Crippen LogP contribution in [-0.4, -0.2) is 25.2 Å². The van der Waals surface area contributed by atoms with Crippen LogP contribution in [-0.2, 0) is 19.4 Å². The van der Waals surface area contributed by atoms with Gasteiger partial charge >= 0.3 is 0 Å². The van der Waals surface area contributed by atoms with E-state index in [0.29, 0.717) is 0 Å². The van der Waals surface area contributed by atoms with Gasteiger partial charge in [0.1, 0.15) is 0 Å². The molecule has 1 unspecified atom stereocenters. The molecule has 1 aliphatic rings. The number of nitrogens with zero attached hydrogens (tertiary/aromatic N) is 1. The smallest absolute Gasteiger partial charge is 0.0480 e. The Balaban J connectivity index is 1.22. The van der Waals surface area contributed by atoms with E-state index in [1.807, 2.05) is 0 Å². The van der Waals surface area contributed by atoms with Crippen LogP contribution in [0.1, 0.15) is 23.1 Å². The van der Waals surface area contributed by atoms with Gasteiger partial charge in [-0.1, -0.05) is 78.9 Å². The van der Waals surface area contributed by atoms with E-state index >= 15 is 0 Å². The van der Waals surface area contributed by atoms with Crippen molar-refractivity contribution in [3.8, 4) is 11.1 Å². The van der Waals surface area contributed by atoms with Crippen molar-refractivity contribution in [1.29, 1.82) is 0 Å². The molecule has 1 aliphatic carbocycles. The van der Waals surface area contributed by atoms with Crippen molar-refractivity contribution in [3.05, 3.63) is 95.6 Å². The quantitative estimate of drug-likeness (QED) is 0.580. The number of hydrogen-bond donors (Lipinski definition) is 1. The van der Waals surface area contributed by atoms with Gasteiger partial charge in [0, 0.05) is 19.8 Å². The second-order valence-corrected chi connectivity index (χ2v) is 8.06. The summed E-state index contributed by atoms with van der Waals surface area (Å²) in [5, 5.41) is 3.60. The fourth-order valence-electron chi connectivity index (χ4n) is 4.27. The van der Waals surface area contributed by atoms with Crippen LogP contribution in [0.4, 0.5) is 0 Å². The number of fused-ring (bicyclic) bond motifs is 1. The van der Waals surface area contributed by atoms with Crippen LogP contribution < -0.4 is 5.32 Å². The summed E-state index contributed by atoms with van der Waals surface area (Å²) in [6.45, 7) is 3.00. The third-order valence-electron chi connectivity index (χ3n) is 5.79. The lowest BCUT2D eigenvalue weighted by Crippen LogP contribution is -2.36. The molecule has 144 valence electrons. The van der Waals surface area contributed by atoms with E-state index in [4.69, 9.17) is 0 Å². The Bertz CT molecular complexity index is 870. The van der Waals surface area contributed by atoms with E-state index in [1.165, 1.54) is 36.0 Å². The molecule has 0 aromatic heterocycles. The van der Waals surface area contributed by atoms with E-state index in [0.717, 1.165) is 25.7 Å². The zero-order chi connectivity index (χ0) is 19.2. The Kier molecular flexibility index (Phi) is 6.20. The van der Waals surface area contributed by atoms with Gasteiger partial charge in [-0.15, -0.1) is 0 Å². The number of nitrogens with one attached hydrogen (secondary N) is 1. The zero-order valence-electron chi connectivity index (χ0n) is 16.8. The Morgan fingerprint density at radius 2 is 1.50 bits per heavy atom. The molecule has 1 N–H and O–H groups in total. The summed E-state index contributed by atoms with van der Waals surface area (Å²) in [7, 11) is 2.23. The molecule has 28 heavy (non-hydrogen) atoms. The molecule has 0 aliphatic heterocycles. The highest BCUT2D eigenvalue weighted by Gasteiger charge is 2.19. The minimum Gasteiger partial charge on any atom is -0.300 e. The summed E-state index contributed by atoms with van der Waals surface area (Å²) in [6.07, 6.45) is 3.76. The molecule has 2 heteroatoms. The van der Waals surface area contributed by atoms with Gasteiger partial charge in [-0.25, -0.2) is 0 Å². The molecule has 0 heterocycles. The van der Waals surface area contributed by atoms with Crippen LogP contribution in [0.25, 0.3) is 11.1 Å². The number of aryl methyl sites for hydroxylation is 1. The largest absolute Gasteiger partial charge is 0.300 e. The average molecular weight is 371 g/mol. The molecular formula is C26H30N2. The molecule has 2 nitrogen and oxygen atoms in total. The lowest BCUT2D eigenvalue weighted by Gasteiger charge is -2.28. The van der Waals surface area contributed by atoms with Crippen LogP contribution in [0, 0.1) is 5.92 Å². The summed E-state index contributed by atoms with van der Waals surface area (Å²) in [5.74, 6) is 0.770. The van der Waals surface area contributed by atoms with E-state index in [9.17, 15) is 0 Å². The van der Waals surface area contributed by atoms with Gasteiger partial charge in [0.05, 0.1) is 0 Å². The first-order valence-electron chi connectivity index (χ1n) is 10.4. The van der Waals surface area contributed by atoms with E-state index < -0.39 is 0 Å². The van der Waals surface area contributed by atoms with Gasteiger partial charge in [-0.2, -0.15) is 0 Å². The predicted octanol–water partition coefficient (Wildman–Crippen LogP) is 5.14. The molecule has 4 rings (SSSR count). The van der Waals surface area contributed by atoms with Crippen molar-refractivity contribution >= 4 is 0 Å². The molecule has 0 amide bonds. The molecule has 0 saturated heterocycles. The maximum absolute atomic E-state index is 3.60. The van der Waals surface area contributed by atoms with Gasteiger partial charge in [-0.3, -0.25) is 4.90 Å². The first-order chi connectivity index (χ1) is 13.8. The van der Waals surface area contributed by atoms with E-state index in [2.05, 4.69) is 96.1 Å². The minimum absolute atomic E-state index is 0.770. The maximum Gasteiger partial charge on any atom is 0.0480 e. The third-order valence-corrected chi connectivity index (χ3v) is 5.79. The minimum atomic E-state index is 0.770. The van der Waals surface area contributed by atoms with Gasteiger partial charge in [-0.05, 0) is 60.0 Å². The predicted molar refractivity (Wildman–Crippen MR) is 118 cm³/mol. The van der Waals surface area contributed by atoms with Crippen molar-refractivity contribution in [2.45, 2.75) is 25.8 Å². The van der Waals surface area contributed by atoms with Gasteiger partial charge in [0.2, 0.25) is 0 Å². The second-order valence-electron chi connectivity index (χ2n) is 8.06. The summed E-state index contributed by atoms with van der Waals surface area (Å²) in [4.78, 5) is 2.43. The first kappa shape index (κ1) is 18.9.